The highest BCUT2D eigenvalue weighted by molar-refractivity contribution is 6.09. The zero-order valence-electron chi connectivity index (χ0n) is 25.8. The number of oxazole rings is 1. The normalized spacial score (nSPS) is 11.1. The second-order valence-corrected chi connectivity index (χ2v) is 10.5. The van der Waals surface area contributed by atoms with Gasteiger partial charge in [0.15, 0.2) is 5.58 Å². The van der Waals surface area contributed by atoms with Gasteiger partial charge < -0.3 is 32.8 Å². The number of anilines is 1. The minimum atomic E-state index is -0.398. The maximum absolute atomic E-state index is 13.7. The fraction of sp³-hybridized carbons (Fsp3) is 0.222. The second kappa shape index (κ2) is 13.1. The minimum absolute atomic E-state index is 0.254. The monoisotopic (exact) mass is 605 g/mol. The molecule has 0 aliphatic rings. The fourth-order valence-corrected chi connectivity index (χ4v) is 5.42. The average molecular weight is 606 g/mol. The van der Waals surface area contributed by atoms with Crippen molar-refractivity contribution in [1.82, 2.24) is 9.55 Å². The van der Waals surface area contributed by atoms with Crippen LogP contribution in [0.3, 0.4) is 0 Å². The Morgan fingerprint density at radius 2 is 1.67 bits per heavy atom. The average Bonchev–Trinajstić information content (AvgIpc) is 3.64. The van der Waals surface area contributed by atoms with E-state index in [9.17, 15) is 4.79 Å². The molecule has 45 heavy (non-hydrogen) atoms. The summed E-state index contributed by atoms with van der Waals surface area (Å²) in [6, 6.07) is 29.6. The van der Waals surface area contributed by atoms with Crippen LogP contribution in [0.4, 0.5) is 6.01 Å². The van der Waals surface area contributed by atoms with Gasteiger partial charge in [0.25, 0.3) is 6.01 Å². The van der Waals surface area contributed by atoms with Gasteiger partial charge in [0, 0.05) is 30.1 Å². The van der Waals surface area contributed by atoms with Gasteiger partial charge >= 0.3 is 5.97 Å². The first-order valence-electron chi connectivity index (χ1n) is 14.8. The number of para-hydroxylation sites is 2. The number of hydrogen-bond acceptors (Lipinski definition) is 8. The summed E-state index contributed by atoms with van der Waals surface area (Å²) in [5, 5.41) is 0.871. The van der Waals surface area contributed by atoms with E-state index >= 15 is 0 Å². The van der Waals surface area contributed by atoms with Crippen molar-refractivity contribution in [3.8, 4) is 28.4 Å². The number of likely N-dealkylation sites (N-methyl/N-ethyl adjacent to an activating group) is 1. The maximum Gasteiger partial charge on any atom is 0.355 e. The lowest BCUT2D eigenvalue weighted by Crippen LogP contribution is -2.23. The topological polar surface area (TPSA) is 88.2 Å². The van der Waals surface area contributed by atoms with Gasteiger partial charge in [-0.2, -0.15) is 4.98 Å². The van der Waals surface area contributed by atoms with Crippen LogP contribution in [0.25, 0.3) is 33.1 Å². The Morgan fingerprint density at radius 3 is 2.42 bits per heavy atom. The van der Waals surface area contributed by atoms with Crippen LogP contribution in [0.1, 0.15) is 23.0 Å². The Labute approximate surface area is 261 Å². The molecule has 0 spiro atoms. The molecule has 6 aromatic rings. The lowest BCUT2D eigenvalue weighted by atomic mass is 10.0. The molecule has 4 aromatic carbocycles. The van der Waals surface area contributed by atoms with E-state index in [-0.39, 0.29) is 6.61 Å². The Hall–Kier alpha value is -5.44. The molecule has 0 unspecified atom stereocenters. The van der Waals surface area contributed by atoms with E-state index in [1.54, 1.807) is 14.2 Å². The number of aromatic nitrogens is 2. The van der Waals surface area contributed by atoms with Crippen LogP contribution in [0.5, 0.6) is 17.2 Å². The van der Waals surface area contributed by atoms with E-state index in [2.05, 4.69) is 4.98 Å². The second-order valence-electron chi connectivity index (χ2n) is 10.5. The zero-order chi connectivity index (χ0) is 31.3. The summed E-state index contributed by atoms with van der Waals surface area (Å²) in [6.45, 7) is 3.45. The van der Waals surface area contributed by atoms with Gasteiger partial charge in [-0.25, -0.2) is 4.79 Å². The van der Waals surface area contributed by atoms with Crippen molar-refractivity contribution < 1.29 is 28.2 Å². The molecule has 0 saturated heterocycles. The first-order valence-corrected chi connectivity index (χ1v) is 14.8. The van der Waals surface area contributed by atoms with Crippen molar-refractivity contribution in [1.29, 1.82) is 0 Å². The van der Waals surface area contributed by atoms with Crippen molar-refractivity contribution >= 4 is 34.0 Å². The number of benzene rings is 4. The van der Waals surface area contributed by atoms with E-state index in [1.165, 1.54) is 0 Å². The first-order chi connectivity index (χ1) is 22.0. The molecule has 0 saturated carbocycles. The number of carbonyl (C=O) groups is 1. The van der Waals surface area contributed by atoms with Crippen molar-refractivity contribution in [2.45, 2.75) is 13.5 Å². The highest BCUT2D eigenvalue weighted by Gasteiger charge is 2.26. The molecule has 0 aliphatic heterocycles. The minimum Gasteiger partial charge on any atom is -0.497 e. The van der Waals surface area contributed by atoms with Crippen LogP contribution in [0.15, 0.2) is 95.4 Å². The Balaban J connectivity index is 1.37. The van der Waals surface area contributed by atoms with E-state index < -0.39 is 5.97 Å². The number of carbonyl (C=O) groups excluding carboxylic acids is 1. The predicted octanol–water partition coefficient (Wildman–Crippen LogP) is 7.21. The molecule has 0 aliphatic carbocycles. The maximum atomic E-state index is 13.7. The van der Waals surface area contributed by atoms with E-state index in [0.717, 1.165) is 50.2 Å². The fourth-order valence-electron chi connectivity index (χ4n) is 5.42. The number of ether oxygens (including phenoxy) is 4. The Kier molecular flexibility index (Phi) is 8.59. The Morgan fingerprint density at radius 1 is 0.889 bits per heavy atom. The molecule has 9 nitrogen and oxygen atoms in total. The van der Waals surface area contributed by atoms with Crippen LogP contribution in [0.2, 0.25) is 0 Å². The third-order valence-electron chi connectivity index (χ3n) is 7.66. The quantitative estimate of drug-likeness (QED) is 0.135. The zero-order valence-corrected chi connectivity index (χ0v) is 25.8. The third kappa shape index (κ3) is 6.15. The molecular weight excluding hydrogens is 570 g/mol. The molecule has 230 valence electrons. The Bertz CT molecular complexity index is 1910. The smallest absolute Gasteiger partial charge is 0.355 e. The van der Waals surface area contributed by atoms with E-state index in [1.807, 2.05) is 114 Å². The standard InChI is InChI=1S/C36H35N3O6/c1-5-43-35(40)34-33(25-13-15-26(41-3)16-14-25)29-22-28(17-18-31(29)39(34)23-24-9-8-10-27(21-24)42-4)44-20-19-38(2)36-37-30-11-6-7-12-32(30)45-36/h6-18,21-22H,5,19-20,23H2,1-4H3. The summed E-state index contributed by atoms with van der Waals surface area (Å²) in [5.41, 5.74) is 5.51. The van der Waals surface area contributed by atoms with Gasteiger partial charge in [0.05, 0.1) is 27.4 Å². The number of rotatable bonds is 12. The lowest BCUT2D eigenvalue weighted by Gasteiger charge is -2.15. The van der Waals surface area contributed by atoms with Gasteiger partial charge in [0.1, 0.15) is 35.1 Å². The summed E-state index contributed by atoms with van der Waals surface area (Å²) in [4.78, 5) is 20.1. The van der Waals surface area contributed by atoms with Crippen LogP contribution in [-0.4, -0.2) is 56.5 Å². The number of methoxy groups -OCH3 is 2. The molecule has 0 fully saturated rings. The number of nitrogens with zero attached hydrogens (tertiary/aromatic N) is 3. The van der Waals surface area contributed by atoms with Gasteiger partial charge in [0.2, 0.25) is 0 Å². The van der Waals surface area contributed by atoms with Gasteiger partial charge in [-0.15, -0.1) is 0 Å². The summed E-state index contributed by atoms with van der Waals surface area (Å²) < 4.78 is 30.6. The molecule has 0 N–H and O–H groups in total. The van der Waals surface area contributed by atoms with Gasteiger partial charge in [-0.3, -0.25) is 0 Å². The van der Waals surface area contributed by atoms with Crippen molar-refractivity contribution in [3.05, 3.63) is 102 Å². The summed E-state index contributed by atoms with van der Waals surface area (Å²) in [7, 11) is 5.19. The van der Waals surface area contributed by atoms with Crippen LogP contribution in [0, 0.1) is 0 Å². The number of esters is 1. The van der Waals surface area contributed by atoms with Crippen molar-refractivity contribution in [2.24, 2.45) is 0 Å². The van der Waals surface area contributed by atoms with E-state index in [0.29, 0.717) is 37.2 Å². The number of hydrogen-bond donors (Lipinski definition) is 0. The van der Waals surface area contributed by atoms with Crippen LogP contribution >= 0.6 is 0 Å². The SMILES string of the molecule is CCOC(=O)c1c(-c2ccc(OC)cc2)c2cc(OCCN(C)c3nc4ccccc4o3)ccc2n1Cc1cccc(OC)c1. The molecular formula is C36H35N3O6. The number of fused-ring (bicyclic) bond motifs is 2. The largest absolute Gasteiger partial charge is 0.497 e. The molecule has 0 bridgehead atoms. The van der Waals surface area contributed by atoms with Gasteiger partial charge in [-0.1, -0.05) is 36.4 Å². The molecule has 2 heterocycles. The lowest BCUT2D eigenvalue weighted by molar-refractivity contribution is 0.0516. The predicted molar refractivity (Wildman–Crippen MR) is 175 cm³/mol. The molecule has 0 radical (unpaired) electrons. The molecule has 6 rings (SSSR count). The summed E-state index contributed by atoms with van der Waals surface area (Å²) >= 11 is 0. The highest BCUT2D eigenvalue weighted by atomic mass is 16.5. The summed E-state index contributed by atoms with van der Waals surface area (Å²) in [5.74, 6) is 1.75. The van der Waals surface area contributed by atoms with Crippen LogP contribution < -0.4 is 19.1 Å². The van der Waals surface area contributed by atoms with Crippen molar-refractivity contribution in [3.63, 3.8) is 0 Å². The molecule has 0 amide bonds. The van der Waals surface area contributed by atoms with E-state index in [4.69, 9.17) is 23.4 Å². The molecule has 0 atom stereocenters. The summed E-state index contributed by atoms with van der Waals surface area (Å²) in [6.07, 6.45) is 0. The van der Waals surface area contributed by atoms with Crippen molar-refractivity contribution in [2.75, 3.05) is 45.9 Å². The third-order valence-corrected chi connectivity index (χ3v) is 7.66. The molecule has 2 aromatic heterocycles. The first kappa shape index (κ1) is 29.6. The highest BCUT2D eigenvalue weighted by Crippen LogP contribution is 2.39. The van der Waals surface area contributed by atoms with Gasteiger partial charge in [-0.05, 0) is 72.6 Å². The molecule has 9 heteroatoms. The van der Waals surface area contributed by atoms with Crippen LogP contribution in [-0.2, 0) is 11.3 Å².